The number of epoxide rings is 1. The molecule has 4 nitrogen and oxygen atoms in total. The van der Waals surface area contributed by atoms with E-state index < -0.39 is 9.84 Å². The zero-order valence-corrected chi connectivity index (χ0v) is 10.5. The molecule has 94 valence electrons. The molecule has 0 spiro atoms. The molecule has 1 heterocycles. The molecule has 2 unspecified atom stereocenters. The highest BCUT2D eigenvalue weighted by molar-refractivity contribution is 7.91. The molecule has 1 aromatic carbocycles. The normalized spacial score (nSPS) is 23.6. The summed E-state index contributed by atoms with van der Waals surface area (Å²) in [6.45, 7) is 2.06. The third kappa shape index (κ3) is 3.28. The predicted octanol–water partition coefficient (Wildman–Crippen LogP) is 1.96. The van der Waals surface area contributed by atoms with E-state index in [1.165, 1.54) is 0 Å². The highest BCUT2D eigenvalue weighted by atomic mass is 32.2. The summed E-state index contributed by atoms with van der Waals surface area (Å²) in [6, 6.07) is 8.30. The van der Waals surface area contributed by atoms with E-state index in [0.717, 1.165) is 12.8 Å². The minimum absolute atomic E-state index is 0.0750. The molecule has 1 aliphatic heterocycles. The zero-order valence-electron chi connectivity index (χ0n) is 9.70. The van der Waals surface area contributed by atoms with Crippen molar-refractivity contribution in [2.45, 2.75) is 37.1 Å². The molecular formula is C12H16O4S. The molecule has 0 bridgehead atoms. The first kappa shape index (κ1) is 12.5. The highest BCUT2D eigenvalue weighted by Crippen LogP contribution is 2.28. The van der Waals surface area contributed by atoms with Gasteiger partial charge in [-0.3, -0.25) is 0 Å². The Balaban J connectivity index is 1.87. The van der Waals surface area contributed by atoms with Gasteiger partial charge in [-0.1, -0.05) is 31.5 Å². The number of hydrogen-bond acceptors (Lipinski definition) is 4. The van der Waals surface area contributed by atoms with Crippen LogP contribution in [0.15, 0.2) is 35.2 Å². The number of rotatable bonds is 6. The van der Waals surface area contributed by atoms with Gasteiger partial charge in [0.05, 0.1) is 4.90 Å². The van der Waals surface area contributed by atoms with Crippen LogP contribution in [0.3, 0.4) is 0 Å². The van der Waals surface area contributed by atoms with E-state index in [-0.39, 0.29) is 23.2 Å². The van der Waals surface area contributed by atoms with Crippen molar-refractivity contribution in [2.24, 2.45) is 0 Å². The molecule has 17 heavy (non-hydrogen) atoms. The minimum atomic E-state index is -3.36. The van der Waals surface area contributed by atoms with Crippen molar-refractivity contribution in [3.8, 4) is 0 Å². The molecule has 5 heteroatoms. The van der Waals surface area contributed by atoms with Crippen LogP contribution in [0.2, 0.25) is 0 Å². The maximum atomic E-state index is 11.8. The van der Waals surface area contributed by atoms with Crippen molar-refractivity contribution >= 4 is 9.84 Å². The van der Waals surface area contributed by atoms with Crippen molar-refractivity contribution < 1.29 is 17.9 Å². The van der Waals surface area contributed by atoms with E-state index in [9.17, 15) is 8.42 Å². The standard InChI is InChI=1S/C12H16O4S/c1-2-6-11-12(16-11)15-9-17(13,14)10-7-4-3-5-8-10/h3-5,7-8,11-12H,2,6,9H2,1H3. The van der Waals surface area contributed by atoms with E-state index in [1.807, 2.05) is 0 Å². The van der Waals surface area contributed by atoms with Crippen LogP contribution < -0.4 is 0 Å². The number of ether oxygens (including phenoxy) is 2. The quantitative estimate of drug-likeness (QED) is 0.730. The third-order valence-corrected chi connectivity index (χ3v) is 4.04. The maximum Gasteiger partial charge on any atom is 0.202 e. The second-order valence-corrected chi connectivity index (χ2v) is 5.98. The van der Waals surface area contributed by atoms with Crippen LogP contribution in [0.4, 0.5) is 0 Å². The highest BCUT2D eigenvalue weighted by Gasteiger charge is 2.39. The SMILES string of the molecule is CCCC1OC1OCS(=O)(=O)c1ccccc1. The van der Waals surface area contributed by atoms with Crippen molar-refractivity contribution in [3.63, 3.8) is 0 Å². The average Bonchev–Trinajstić information content (AvgIpc) is 3.07. The van der Waals surface area contributed by atoms with Gasteiger partial charge >= 0.3 is 0 Å². The zero-order chi connectivity index (χ0) is 12.3. The van der Waals surface area contributed by atoms with Crippen LogP contribution in [0.25, 0.3) is 0 Å². The van der Waals surface area contributed by atoms with Crippen molar-refractivity contribution in [1.29, 1.82) is 0 Å². The van der Waals surface area contributed by atoms with Gasteiger partial charge in [0.2, 0.25) is 9.84 Å². The lowest BCUT2D eigenvalue weighted by molar-refractivity contribution is 0.0801. The van der Waals surface area contributed by atoms with E-state index >= 15 is 0 Å². The molecule has 0 radical (unpaired) electrons. The van der Waals surface area contributed by atoms with E-state index in [1.54, 1.807) is 30.3 Å². The summed E-state index contributed by atoms with van der Waals surface area (Å²) in [4.78, 5) is 0.285. The molecule has 2 rings (SSSR count). The molecule has 0 aliphatic carbocycles. The molecule has 1 saturated heterocycles. The number of benzene rings is 1. The lowest BCUT2D eigenvalue weighted by atomic mass is 10.3. The fourth-order valence-electron chi connectivity index (χ4n) is 1.61. The Labute approximate surface area is 101 Å². The van der Waals surface area contributed by atoms with Crippen LogP contribution in [0, 0.1) is 0 Å². The molecular weight excluding hydrogens is 240 g/mol. The van der Waals surface area contributed by atoms with Gasteiger partial charge in [0.15, 0.2) is 12.2 Å². The number of hydrogen-bond donors (Lipinski definition) is 0. The van der Waals surface area contributed by atoms with Crippen LogP contribution in [-0.4, -0.2) is 26.8 Å². The van der Waals surface area contributed by atoms with Gasteiger partial charge in [0.1, 0.15) is 6.10 Å². The van der Waals surface area contributed by atoms with Gasteiger partial charge in [-0.15, -0.1) is 0 Å². The molecule has 1 aliphatic rings. The van der Waals surface area contributed by atoms with Gasteiger partial charge in [-0.25, -0.2) is 8.42 Å². The molecule has 1 fully saturated rings. The van der Waals surface area contributed by atoms with E-state index in [2.05, 4.69) is 6.92 Å². The second-order valence-electron chi connectivity index (χ2n) is 4.04. The largest absolute Gasteiger partial charge is 0.341 e. The maximum absolute atomic E-state index is 11.8. The molecule has 0 amide bonds. The first-order chi connectivity index (χ1) is 8.13. The summed E-state index contributed by atoms with van der Waals surface area (Å²) in [7, 11) is -3.36. The Morgan fingerprint density at radius 1 is 1.29 bits per heavy atom. The van der Waals surface area contributed by atoms with Gasteiger partial charge < -0.3 is 9.47 Å². The summed E-state index contributed by atoms with van der Waals surface area (Å²) in [6.07, 6.45) is 1.66. The Kier molecular flexibility index (Phi) is 3.81. The third-order valence-electron chi connectivity index (χ3n) is 2.60. The summed E-state index contributed by atoms with van der Waals surface area (Å²) in [5.41, 5.74) is 0. The lowest BCUT2D eigenvalue weighted by Crippen LogP contribution is -2.12. The van der Waals surface area contributed by atoms with Crippen molar-refractivity contribution in [2.75, 3.05) is 5.94 Å². The van der Waals surface area contributed by atoms with Crippen molar-refractivity contribution in [3.05, 3.63) is 30.3 Å². The average molecular weight is 256 g/mol. The molecule has 2 atom stereocenters. The van der Waals surface area contributed by atoms with E-state index in [0.29, 0.717) is 0 Å². The van der Waals surface area contributed by atoms with Crippen LogP contribution in [0.5, 0.6) is 0 Å². The van der Waals surface area contributed by atoms with Gasteiger partial charge in [0.25, 0.3) is 0 Å². The van der Waals surface area contributed by atoms with E-state index in [4.69, 9.17) is 9.47 Å². The summed E-state index contributed by atoms with van der Waals surface area (Å²) < 4.78 is 34.1. The molecule has 0 N–H and O–H groups in total. The second kappa shape index (κ2) is 5.16. The van der Waals surface area contributed by atoms with Gasteiger partial charge in [0, 0.05) is 0 Å². The Bertz CT molecular complexity index is 455. The van der Waals surface area contributed by atoms with Gasteiger partial charge in [-0.05, 0) is 18.6 Å². The minimum Gasteiger partial charge on any atom is -0.341 e. The first-order valence-electron chi connectivity index (χ1n) is 5.68. The lowest BCUT2D eigenvalue weighted by Gasteiger charge is -2.03. The molecule has 0 aromatic heterocycles. The first-order valence-corrected chi connectivity index (χ1v) is 7.33. The fraction of sp³-hybridized carbons (Fsp3) is 0.500. The van der Waals surface area contributed by atoms with Crippen LogP contribution in [-0.2, 0) is 19.3 Å². The topological polar surface area (TPSA) is 55.9 Å². The summed E-state index contributed by atoms with van der Waals surface area (Å²) in [5.74, 6) is -0.318. The summed E-state index contributed by atoms with van der Waals surface area (Å²) >= 11 is 0. The fourth-order valence-corrected chi connectivity index (χ4v) is 2.64. The van der Waals surface area contributed by atoms with Crippen LogP contribution >= 0.6 is 0 Å². The Morgan fingerprint density at radius 3 is 2.65 bits per heavy atom. The Hall–Kier alpha value is -0.910. The molecule has 0 saturated carbocycles. The molecule has 1 aromatic rings. The van der Waals surface area contributed by atoms with Crippen molar-refractivity contribution in [1.82, 2.24) is 0 Å². The van der Waals surface area contributed by atoms with Gasteiger partial charge in [-0.2, -0.15) is 0 Å². The predicted molar refractivity (Wildman–Crippen MR) is 63.1 cm³/mol. The smallest absolute Gasteiger partial charge is 0.202 e. The summed E-state index contributed by atoms with van der Waals surface area (Å²) in [5, 5.41) is 0. The Morgan fingerprint density at radius 2 is 2.00 bits per heavy atom. The monoisotopic (exact) mass is 256 g/mol. The number of sulfone groups is 1. The van der Waals surface area contributed by atoms with Crippen LogP contribution in [0.1, 0.15) is 19.8 Å².